The van der Waals surface area contributed by atoms with Crippen molar-refractivity contribution in [3.05, 3.63) is 25.3 Å². The Hall–Kier alpha value is -1.47. The maximum atomic E-state index is 12.0. The highest BCUT2D eigenvalue weighted by Crippen LogP contribution is 2.49. The average Bonchev–Trinajstić information content (AvgIpc) is 2.44. The molecule has 0 radical (unpaired) electrons. The van der Waals surface area contributed by atoms with E-state index in [9.17, 15) is 14.2 Å². The third-order valence-electron chi connectivity index (χ3n) is 1.61. The zero-order chi connectivity index (χ0) is 15.4. The molecule has 0 aliphatic heterocycles. The van der Waals surface area contributed by atoms with E-state index in [1.807, 2.05) is 0 Å². The molecule has 9 heteroatoms. The summed E-state index contributed by atoms with van der Waals surface area (Å²) in [5.74, 6) is -1.52. The van der Waals surface area contributed by atoms with Gasteiger partial charge in [0.25, 0.3) is 0 Å². The van der Waals surface area contributed by atoms with Crippen LogP contribution in [0.3, 0.4) is 0 Å². The minimum atomic E-state index is -3.99. The van der Waals surface area contributed by atoms with E-state index >= 15 is 0 Å². The first-order chi connectivity index (χ1) is 9.47. The van der Waals surface area contributed by atoms with Gasteiger partial charge in [-0.15, -0.1) is 0 Å². The molecule has 0 heterocycles. The van der Waals surface area contributed by atoms with Crippen LogP contribution in [0.25, 0.3) is 0 Å². The van der Waals surface area contributed by atoms with Gasteiger partial charge in [0.05, 0.1) is 6.61 Å². The van der Waals surface area contributed by atoms with Gasteiger partial charge in [0.1, 0.15) is 0 Å². The van der Waals surface area contributed by atoms with Crippen molar-refractivity contribution in [2.45, 2.75) is 13.3 Å². The number of ether oxygens (including phenoxy) is 2. The summed E-state index contributed by atoms with van der Waals surface area (Å²) in [6.45, 7) is 6.91. The van der Waals surface area contributed by atoms with Gasteiger partial charge < -0.3 is 9.47 Å². The molecule has 0 rings (SSSR count). The Balaban J connectivity index is 4.30. The predicted octanol–water partition coefficient (Wildman–Crippen LogP) is 1.93. The molecule has 20 heavy (non-hydrogen) atoms. The van der Waals surface area contributed by atoms with Crippen LogP contribution in [0.5, 0.6) is 0 Å². The highest BCUT2D eigenvalue weighted by atomic mass is 31.2. The van der Waals surface area contributed by atoms with Gasteiger partial charge in [0.2, 0.25) is 13.6 Å². The van der Waals surface area contributed by atoms with Gasteiger partial charge in [-0.1, -0.05) is 20.1 Å². The molecule has 0 amide bonds. The first-order valence-electron chi connectivity index (χ1n) is 5.59. The van der Waals surface area contributed by atoms with Crippen molar-refractivity contribution in [1.82, 2.24) is 0 Å². The van der Waals surface area contributed by atoms with Gasteiger partial charge in [0.15, 0.2) is 0 Å². The molecule has 0 fully saturated rings. The van der Waals surface area contributed by atoms with E-state index in [1.54, 1.807) is 6.92 Å². The summed E-state index contributed by atoms with van der Waals surface area (Å²) in [5, 5.41) is 0. The van der Waals surface area contributed by atoms with Crippen LogP contribution in [0, 0.1) is 0 Å². The van der Waals surface area contributed by atoms with E-state index in [0.29, 0.717) is 6.42 Å². The highest BCUT2D eigenvalue weighted by molar-refractivity contribution is 7.48. The monoisotopic (exact) mass is 308 g/mol. The molecule has 0 saturated heterocycles. The summed E-state index contributed by atoms with van der Waals surface area (Å²) in [4.78, 5) is 21.6. The van der Waals surface area contributed by atoms with E-state index < -0.39 is 33.3 Å². The summed E-state index contributed by atoms with van der Waals surface area (Å²) >= 11 is 0. The Labute approximate surface area is 116 Å². The third-order valence-corrected chi connectivity index (χ3v) is 2.95. The Kier molecular flexibility index (Phi) is 9.57. The summed E-state index contributed by atoms with van der Waals surface area (Å²) < 4.78 is 35.3. The number of carbonyl (C=O) groups excluding carboxylic acids is 2. The van der Waals surface area contributed by atoms with Crippen molar-refractivity contribution < 1.29 is 37.2 Å². The minimum Gasteiger partial charge on any atom is -0.435 e. The molecule has 0 aromatic rings. The second-order valence-corrected chi connectivity index (χ2v) is 4.78. The third kappa shape index (κ3) is 8.60. The molecule has 0 aromatic heterocycles. The smallest absolute Gasteiger partial charge is 0.435 e. The van der Waals surface area contributed by atoms with Gasteiger partial charge in [-0.25, -0.2) is 23.2 Å². The summed E-state index contributed by atoms with van der Waals surface area (Å²) in [5.41, 5.74) is 0. The van der Waals surface area contributed by atoms with Crippen molar-refractivity contribution in [2.24, 2.45) is 0 Å². The highest BCUT2D eigenvalue weighted by Gasteiger charge is 2.27. The number of phosphoric acid groups is 1. The van der Waals surface area contributed by atoms with Crippen LogP contribution < -0.4 is 0 Å². The zero-order valence-electron chi connectivity index (χ0n) is 11.1. The zero-order valence-corrected chi connectivity index (χ0v) is 12.0. The predicted molar refractivity (Wildman–Crippen MR) is 68.3 cm³/mol. The van der Waals surface area contributed by atoms with Crippen molar-refractivity contribution in [1.29, 1.82) is 0 Å². The fraction of sp³-hybridized carbons (Fsp3) is 0.455. The number of hydrogen-bond donors (Lipinski definition) is 0. The van der Waals surface area contributed by atoms with Crippen LogP contribution in [0.2, 0.25) is 0 Å². The fourth-order valence-electron chi connectivity index (χ4n) is 0.731. The van der Waals surface area contributed by atoms with Crippen LogP contribution in [0.1, 0.15) is 13.3 Å². The fourth-order valence-corrected chi connectivity index (χ4v) is 1.72. The first-order valence-corrected chi connectivity index (χ1v) is 7.05. The molecule has 0 atom stereocenters. The molecule has 0 aromatic carbocycles. The van der Waals surface area contributed by atoms with Gasteiger partial charge in [-0.3, -0.25) is 4.52 Å². The van der Waals surface area contributed by atoms with Gasteiger partial charge >= 0.3 is 19.8 Å². The molecule has 8 nitrogen and oxygen atoms in total. The van der Waals surface area contributed by atoms with Crippen LogP contribution >= 0.6 is 7.82 Å². The maximum Gasteiger partial charge on any atom is 0.480 e. The van der Waals surface area contributed by atoms with Gasteiger partial charge in [-0.05, 0) is 6.42 Å². The van der Waals surface area contributed by atoms with E-state index in [2.05, 4.69) is 22.6 Å². The molecule has 0 saturated carbocycles. The lowest BCUT2D eigenvalue weighted by atomic mass is 10.5. The second-order valence-electron chi connectivity index (χ2n) is 3.11. The number of phosphoric ester groups is 1. The van der Waals surface area contributed by atoms with Crippen molar-refractivity contribution in [2.75, 3.05) is 20.2 Å². The normalized spacial score (nSPS) is 10.7. The van der Waals surface area contributed by atoms with Crippen molar-refractivity contribution >= 4 is 19.8 Å². The Morgan fingerprint density at radius 3 is 1.80 bits per heavy atom. The van der Waals surface area contributed by atoms with Gasteiger partial charge in [-0.2, -0.15) is 0 Å². The van der Waals surface area contributed by atoms with Crippen LogP contribution in [-0.4, -0.2) is 32.1 Å². The lowest BCUT2D eigenvalue weighted by Gasteiger charge is -2.17. The van der Waals surface area contributed by atoms with Crippen LogP contribution in [0.4, 0.5) is 0 Å². The van der Waals surface area contributed by atoms with Crippen molar-refractivity contribution in [3.8, 4) is 0 Å². The largest absolute Gasteiger partial charge is 0.480 e. The average molecular weight is 308 g/mol. The number of carbonyl (C=O) groups is 2. The molecule has 0 N–H and O–H groups in total. The Morgan fingerprint density at radius 2 is 1.45 bits per heavy atom. The standard InChI is InChI=1S/C11H17O8P/c1-4-7-17-20(14,18-8-15-10(12)5-2)19-9-16-11(13)6-3/h5-6H,2-4,7-9H2,1H3. The molecule has 0 bridgehead atoms. The molecule has 0 aliphatic rings. The van der Waals surface area contributed by atoms with Crippen LogP contribution in [0.15, 0.2) is 25.3 Å². The molecular formula is C11H17O8P. The van der Waals surface area contributed by atoms with Crippen molar-refractivity contribution in [3.63, 3.8) is 0 Å². The number of esters is 2. The molecule has 114 valence electrons. The minimum absolute atomic E-state index is 0.0854. The first kappa shape index (κ1) is 18.5. The number of rotatable bonds is 11. The lowest BCUT2D eigenvalue weighted by molar-refractivity contribution is -0.147. The maximum absolute atomic E-state index is 12.0. The number of hydrogen-bond acceptors (Lipinski definition) is 8. The second kappa shape index (κ2) is 10.3. The quantitative estimate of drug-likeness (QED) is 0.247. The summed E-state index contributed by atoms with van der Waals surface area (Å²) in [6, 6.07) is 0. The molecule has 0 aliphatic carbocycles. The Morgan fingerprint density at radius 1 is 1.00 bits per heavy atom. The molecule has 0 spiro atoms. The lowest BCUT2D eigenvalue weighted by Crippen LogP contribution is -2.10. The Bertz CT molecular complexity index is 362. The van der Waals surface area contributed by atoms with Crippen LogP contribution in [-0.2, 0) is 37.2 Å². The molecular weight excluding hydrogens is 291 g/mol. The summed E-state index contributed by atoms with van der Waals surface area (Å²) in [6.07, 6.45) is 2.37. The topological polar surface area (TPSA) is 97.4 Å². The van der Waals surface area contributed by atoms with E-state index in [0.717, 1.165) is 12.2 Å². The van der Waals surface area contributed by atoms with Gasteiger partial charge in [0, 0.05) is 12.2 Å². The SMILES string of the molecule is C=CC(=O)OCOP(=O)(OCCC)OCOC(=O)C=C. The summed E-state index contributed by atoms with van der Waals surface area (Å²) in [7, 11) is -3.99. The van der Waals surface area contributed by atoms with E-state index in [-0.39, 0.29) is 6.61 Å². The van der Waals surface area contributed by atoms with E-state index in [1.165, 1.54) is 0 Å². The van der Waals surface area contributed by atoms with E-state index in [4.69, 9.17) is 13.6 Å². The molecule has 0 unspecified atom stereocenters.